The average Bonchev–Trinajstić information content (AvgIpc) is 3.25. The van der Waals surface area contributed by atoms with E-state index >= 15 is 0 Å². The van der Waals surface area contributed by atoms with Gasteiger partial charge in [0.15, 0.2) is 0 Å². The van der Waals surface area contributed by atoms with E-state index in [1.165, 1.54) is 20.3 Å². The van der Waals surface area contributed by atoms with Crippen molar-refractivity contribution in [3.8, 4) is 0 Å². The van der Waals surface area contributed by atoms with E-state index in [0.717, 1.165) is 26.1 Å². The molecule has 1 saturated heterocycles. The fourth-order valence-electron chi connectivity index (χ4n) is 4.41. The third-order valence-corrected chi connectivity index (χ3v) is 6.31. The van der Waals surface area contributed by atoms with Crippen molar-refractivity contribution in [2.24, 2.45) is 13.0 Å². The highest BCUT2D eigenvalue weighted by Crippen LogP contribution is 2.18. The van der Waals surface area contributed by atoms with Crippen LogP contribution in [0.4, 0.5) is 0 Å². The number of amides is 1. The van der Waals surface area contributed by atoms with Gasteiger partial charge >= 0.3 is 11.1 Å². The Morgan fingerprint density at radius 3 is 2.50 bits per heavy atom. The summed E-state index contributed by atoms with van der Waals surface area (Å²) >= 11 is 0. The molecule has 32 heavy (non-hydrogen) atoms. The number of aromatic nitrogens is 2. The summed E-state index contributed by atoms with van der Waals surface area (Å²) in [7, 11) is 1.59. The van der Waals surface area contributed by atoms with Crippen LogP contribution < -0.4 is 16.4 Å². The van der Waals surface area contributed by atoms with Crippen LogP contribution in [0.1, 0.15) is 24.0 Å². The van der Waals surface area contributed by atoms with Crippen LogP contribution in [0.25, 0.3) is 11.0 Å². The van der Waals surface area contributed by atoms with Crippen LogP contribution in [-0.2, 0) is 24.9 Å². The Morgan fingerprint density at radius 1 is 1.03 bits per heavy atom. The van der Waals surface area contributed by atoms with Gasteiger partial charge in [0, 0.05) is 39.6 Å². The Labute approximate surface area is 187 Å². The monoisotopic (exact) mass is 434 g/mol. The fraction of sp³-hybridized carbons (Fsp3) is 0.400. The molecular weight excluding hydrogens is 404 g/mol. The van der Waals surface area contributed by atoms with Crippen molar-refractivity contribution >= 4 is 16.9 Å². The van der Waals surface area contributed by atoms with Gasteiger partial charge in [0.25, 0.3) is 0 Å². The first kappa shape index (κ1) is 22.0. The van der Waals surface area contributed by atoms with E-state index in [1.807, 2.05) is 12.1 Å². The van der Waals surface area contributed by atoms with E-state index in [4.69, 9.17) is 0 Å². The predicted octanol–water partition coefficient (Wildman–Crippen LogP) is 2.04. The minimum atomic E-state index is -0.596. The zero-order valence-corrected chi connectivity index (χ0v) is 18.7. The lowest BCUT2D eigenvalue weighted by Crippen LogP contribution is -2.41. The smallest absolute Gasteiger partial charge is 0.316 e. The van der Waals surface area contributed by atoms with Crippen LogP contribution in [0.15, 0.2) is 58.1 Å². The summed E-state index contributed by atoms with van der Waals surface area (Å²) in [6.45, 7) is 5.84. The molecule has 0 aliphatic carbocycles. The molecular formula is C25H30N4O3. The third-order valence-electron chi connectivity index (χ3n) is 6.31. The summed E-state index contributed by atoms with van der Waals surface area (Å²) in [6, 6.07) is 15.9. The highest BCUT2D eigenvalue weighted by molar-refractivity contribution is 5.77. The Balaban J connectivity index is 1.30. The summed E-state index contributed by atoms with van der Waals surface area (Å²) in [5.74, 6) is 0.329. The number of likely N-dealkylation sites (tertiary alicyclic amines) is 1. The summed E-state index contributed by atoms with van der Waals surface area (Å²) in [4.78, 5) is 39.6. The van der Waals surface area contributed by atoms with Gasteiger partial charge in [-0.3, -0.25) is 19.3 Å². The first-order chi connectivity index (χ1) is 15.4. The van der Waals surface area contributed by atoms with Crippen LogP contribution in [0.3, 0.4) is 0 Å². The number of para-hydroxylation sites is 2. The molecule has 1 amide bonds. The number of benzene rings is 2. The maximum absolute atomic E-state index is 12.5. The third kappa shape index (κ3) is 4.83. The van der Waals surface area contributed by atoms with E-state index in [2.05, 4.69) is 41.4 Å². The van der Waals surface area contributed by atoms with Crippen LogP contribution >= 0.6 is 0 Å². The second-order valence-corrected chi connectivity index (χ2v) is 8.74. The van der Waals surface area contributed by atoms with Crippen LogP contribution in [0, 0.1) is 12.8 Å². The molecule has 7 nitrogen and oxygen atoms in total. The Morgan fingerprint density at radius 2 is 1.75 bits per heavy atom. The Bertz CT molecular complexity index is 1230. The number of carbonyl (C=O) groups is 1. The molecule has 1 unspecified atom stereocenters. The number of hydrogen-bond donors (Lipinski definition) is 1. The molecule has 0 radical (unpaired) electrons. The Kier molecular flexibility index (Phi) is 6.55. The summed E-state index contributed by atoms with van der Waals surface area (Å²) in [6.07, 6.45) is 1.22. The highest BCUT2D eigenvalue weighted by atomic mass is 16.2. The van der Waals surface area contributed by atoms with E-state index in [0.29, 0.717) is 23.5 Å². The molecule has 7 heteroatoms. The zero-order valence-electron chi connectivity index (χ0n) is 18.7. The first-order valence-corrected chi connectivity index (χ1v) is 11.2. The van der Waals surface area contributed by atoms with Gasteiger partial charge in [-0.1, -0.05) is 42.0 Å². The van der Waals surface area contributed by atoms with Crippen molar-refractivity contribution < 1.29 is 4.79 Å². The molecule has 4 rings (SSSR count). The van der Waals surface area contributed by atoms with Crippen molar-refractivity contribution in [1.82, 2.24) is 19.4 Å². The number of nitrogens with zero attached hydrogens (tertiary/aromatic N) is 3. The molecule has 0 spiro atoms. The molecule has 1 aliphatic heterocycles. The van der Waals surface area contributed by atoms with E-state index in [9.17, 15) is 14.4 Å². The number of hydrogen-bond acceptors (Lipinski definition) is 4. The van der Waals surface area contributed by atoms with Gasteiger partial charge in [-0.2, -0.15) is 0 Å². The van der Waals surface area contributed by atoms with Gasteiger partial charge < -0.3 is 14.5 Å². The van der Waals surface area contributed by atoms with Crippen molar-refractivity contribution in [3.63, 3.8) is 0 Å². The van der Waals surface area contributed by atoms with E-state index < -0.39 is 11.1 Å². The number of fused-ring (bicyclic) bond motifs is 1. The van der Waals surface area contributed by atoms with Crippen molar-refractivity contribution in [1.29, 1.82) is 0 Å². The molecule has 2 aromatic carbocycles. The van der Waals surface area contributed by atoms with E-state index in [-0.39, 0.29) is 18.9 Å². The van der Waals surface area contributed by atoms with Crippen molar-refractivity contribution in [3.05, 3.63) is 80.4 Å². The molecule has 1 aromatic heterocycles. The molecule has 1 N–H and O–H groups in total. The lowest BCUT2D eigenvalue weighted by molar-refractivity contribution is -0.121. The van der Waals surface area contributed by atoms with Gasteiger partial charge in [-0.05, 0) is 43.5 Å². The number of carbonyl (C=O) groups excluding carboxylic acids is 1. The Hall–Kier alpha value is -3.19. The van der Waals surface area contributed by atoms with Gasteiger partial charge in [0.2, 0.25) is 5.91 Å². The minimum absolute atomic E-state index is 0.0985. The topological polar surface area (TPSA) is 76.3 Å². The van der Waals surface area contributed by atoms with E-state index in [1.54, 1.807) is 19.2 Å². The highest BCUT2D eigenvalue weighted by Gasteiger charge is 2.23. The molecule has 1 aliphatic rings. The zero-order chi connectivity index (χ0) is 22.7. The second kappa shape index (κ2) is 9.53. The van der Waals surface area contributed by atoms with Gasteiger partial charge in [0.05, 0.1) is 11.0 Å². The van der Waals surface area contributed by atoms with Crippen LogP contribution in [-0.4, -0.2) is 39.6 Å². The normalized spacial score (nSPS) is 16.5. The summed E-state index contributed by atoms with van der Waals surface area (Å²) in [5.41, 5.74) is 2.74. The number of nitrogens with one attached hydrogen (secondary N) is 1. The van der Waals surface area contributed by atoms with Crippen molar-refractivity contribution in [2.45, 2.75) is 32.9 Å². The minimum Gasteiger partial charge on any atom is -0.356 e. The van der Waals surface area contributed by atoms with Crippen molar-refractivity contribution in [2.75, 3.05) is 19.6 Å². The molecule has 0 saturated carbocycles. The van der Waals surface area contributed by atoms with Gasteiger partial charge in [0.1, 0.15) is 0 Å². The second-order valence-electron chi connectivity index (χ2n) is 8.74. The molecule has 3 aromatic rings. The molecule has 0 bridgehead atoms. The SMILES string of the molecule is Cc1ccc(CN2CCC(CNC(=O)CCn3c(=O)c(=O)n(C)c4ccccc43)C2)cc1. The van der Waals surface area contributed by atoms with Gasteiger partial charge in [-0.25, -0.2) is 0 Å². The maximum Gasteiger partial charge on any atom is 0.316 e. The molecule has 1 fully saturated rings. The summed E-state index contributed by atoms with van der Waals surface area (Å²) in [5, 5.41) is 3.02. The van der Waals surface area contributed by atoms with Crippen LogP contribution in [0.5, 0.6) is 0 Å². The lowest BCUT2D eigenvalue weighted by Gasteiger charge is -2.17. The quantitative estimate of drug-likeness (QED) is 0.578. The summed E-state index contributed by atoms with van der Waals surface area (Å²) < 4.78 is 2.77. The van der Waals surface area contributed by atoms with Crippen LogP contribution in [0.2, 0.25) is 0 Å². The first-order valence-electron chi connectivity index (χ1n) is 11.2. The molecule has 2 heterocycles. The lowest BCUT2D eigenvalue weighted by atomic mass is 10.1. The van der Waals surface area contributed by atoms with Gasteiger partial charge in [-0.15, -0.1) is 0 Å². The number of aryl methyl sites for hydroxylation is 3. The maximum atomic E-state index is 12.5. The molecule has 168 valence electrons. The fourth-order valence-corrected chi connectivity index (χ4v) is 4.41. The average molecular weight is 435 g/mol. The standard InChI is InChI=1S/C25H30N4O3/c1-18-7-9-19(10-8-18)16-28-13-11-20(17-28)15-26-23(30)12-14-29-22-6-4-3-5-21(22)27(2)24(31)25(29)32/h3-10,20H,11-17H2,1-2H3,(H,26,30). The number of rotatable bonds is 7. The molecule has 1 atom stereocenters. The largest absolute Gasteiger partial charge is 0.356 e. The predicted molar refractivity (Wildman–Crippen MR) is 126 cm³/mol.